The third kappa shape index (κ3) is 3.20. The van der Waals surface area contributed by atoms with Crippen molar-refractivity contribution in [3.05, 3.63) is 42.4 Å². The number of ether oxygens (including phenoxy) is 1. The van der Waals surface area contributed by atoms with E-state index in [1.165, 1.54) is 7.11 Å². The van der Waals surface area contributed by atoms with Crippen LogP contribution in [0.3, 0.4) is 0 Å². The molecule has 22 heavy (non-hydrogen) atoms. The molecule has 0 saturated carbocycles. The van der Waals surface area contributed by atoms with Crippen molar-refractivity contribution in [3.8, 4) is 11.3 Å². The van der Waals surface area contributed by atoms with E-state index < -0.39 is 0 Å². The second-order valence-corrected chi connectivity index (χ2v) is 5.49. The number of rotatable bonds is 4. The lowest BCUT2D eigenvalue weighted by Gasteiger charge is -2.32. The SMILES string of the molecule is COC(=O)C1CCCCN1Cc1ncc(-c2ccccc2)o1. The number of methoxy groups -OCH3 is 1. The van der Waals surface area contributed by atoms with E-state index in [1.54, 1.807) is 6.20 Å². The van der Waals surface area contributed by atoms with Gasteiger partial charge in [-0.1, -0.05) is 36.8 Å². The fourth-order valence-electron chi connectivity index (χ4n) is 2.88. The lowest BCUT2D eigenvalue weighted by molar-refractivity contribution is -0.148. The van der Waals surface area contributed by atoms with E-state index in [4.69, 9.17) is 9.15 Å². The van der Waals surface area contributed by atoms with Crippen molar-refractivity contribution < 1.29 is 13.9 Å². The minimum absolute atomic E-state index is 0.172. The Kier molecular flexibility index (Phi) is 4.53. The molecule has 1 aliphatic heterocycles. The highest BCUT2D eigenvalue weighted by Crippen LogP contribution is 2.23. The van der Waals surface area contributed by atoms with E-state index in [2.05, 4.69) is 9.88 Å². The van der Waals surface area contributed by atoms with Gasteiger partial charge in [-0.25, -0.2) is 4.98 Å². The molecule has 0 amide bonds. The van der Waals surface area contributed by atoms with Gasteiger partial charge in [0.2, 0.25) is 5.89 Å². The van der Waals surface area contributed by atoms with Crippen molar-refractivity contribution in [1.82, 2.24) is 9.88 Å². The summed E-state index contributed by atoms with van der Waals surface area (Å²) in [6.07, 6.45) is 4.71. The Labute approximate surface area is 129 Å². The average Bonchev–Trinajstić information content (AvgIpc) is 3.04. The second kappa shape index (κ2) is 6.75. The van der Waals surface area contributed by atoms with Crippen LogP contribution in [0, 0.1) is 0 Å². The van der Waals surface area contributed by atoms with Crippen LogP contribution in [0.1, 0.15) is 25.2 Å². The van der Waals surface area contributed by atoms with Crippen molar-refractivity contribution in [1.29, 1.82) is 0 Å². The van der Waals surface area contributed by atoms with Crippen molar-refractivity contribution in [2.24, 2.45) is 0 Å². The van der Waals surface area contributed by atoms with Gasteiger partial charge in [-0.2, -0.15) is 0 Å². The van der Waals surface area contributed by atoms with Crippen LogP contribution in [0.2, 0.25) is 0 Å². The largest absolute Gasteiger partial charge is 0.468 e. The summed E-state index contributed by atoms with van der Waals surface area (Å²) in [5.41, 5.74) is 1.00. The molecule has 0 N–H and O–H groups in total. The molecule has 5 nitrogen and oxygen atoms in total. The molecule has 0 spiro atoms. The lowest BCUT2D eigenvalue weighted by Crippen LogP contribution is -2.44. The van der Waals surface area contributed by atoms with Gasteiger partial charge < -0.3 is 9.15 Å². The number of likely N-dealkylation sites (tertiary alicyclic amines) is 1. The van der Waals surface area contributed by atoms with Crippen molar-refractivity contribution in [3.63, 3.8) is 0 Å². The minimum Gasteiger partial charge on any atom is -0.468 e. The van der Waals surface area contributed by atoms with E-state index in [1.807, 2.05) is 30.3 Å². The number of hydrogen-bond acceptors (Lipinski definition) is 5. The fourth-order valence-corrected chi connectivity index (χ4v) is 2.88. The Bertz CT molecular complexity index is 624. The molecular formula is C17H20N2O3. The zero-order chi connectivity index (χ0) is 15.4. The van der Waals surface area contributed by atoms with Crippen LogP contribution in [0.4, 0.5) is 0 Å². The number of nitrogens with zero attached hydrogens (tertiary/aromatic N) is 2. The van der Waals surface area contributed by atoms with Crippen molar-refractivity contribution >= 4 is 5.97 Å². The number of carbonyl (C=O) groups excluding carboxylic acids is 1. The molecule has 3 rings (SSSR count). The van der Waals surface area contributed by atoms with Gasteiger partial charge >= 0.3 is 5.97 Å². The summed E-state index contributed by atoms with van der Waals surface area (Å²) in [4.78, 5) is 18.3. The molecular weight excluding hydrogens is 280 g/mol. The van der Waals surface area contributed by atoms with Gasteiger partial charge in [-0.15, -0.1) is 0 Å². The van der Waals surface area contributed by atoms with Crippen LogP contribution in [0.25, 0.3) is 11.3 Å². The molecule has 1 aromatic heterocycles. The zero-order valence-electron chi connectivity index (χ0n) is 12.7. The zero-order valence-corrected chi connectivity index (χ0v) is 12.7. The van der Waals surface area contributed by atoms with Gasteiger partial charge in [0.1, 0.15) is 6.04 Å². The maximum atomic E-state index is 11.9. The molecule has 5 heteroatoms. The topological polar surface area (TPSA) is 55.6 Å². The third-order valence-electron chi connectivity index (χ3n) is 4.04. The number of esters is 1. The standard InChI is InChI=1S/C17H20N2O3/c1-21-17(20)14-9-5-6-10-19(14)12-16-18-11-15(22-16)13-7-3-2-4-8-13/h2-4,7-8,11,14H,5-6,9-10,12H2,1H3. The molecule has 0 bridgehead atoms. The average molecular weight is 300 g/mol. The normalized spacial score (nSPS) is 19.0. The van der Waals surface area contributed by atoms with Gasteiger partial charge in [-0.3, -0.25) is 9.69 Å². The number of benzene rings is 1. The summed E-state index contributed by atoms with van der Waals surface area (Å²) in [6.45, 7) is 1.40. The maximum Gasteiger partial charge on any atom is 0.323 e. The first-order valence-corrected chi connectivity index (χ1v) is 7.60. The number of aromatic nitrogens is 1. The fraction of sp³-hybridized carbons (Fsp3) is 0.412. The van der Waals surface area contributed by atoms with Gasteiger partial charge in [0, 0.05) is 5.56 Å². The van der Waals surface area contributed by atoms with Crippen LogP contribution < -0.4 is 0 Å². The predicted molar refractivity (Wildman–Crippen MR) is 82.0 cm³/mol. The summed E-state index contributed by atoms with van der Waals surface area (Å²) < 4.78 is 10.7. The lowest BCUT2D eigenvalue weighted by atomic mass is 10.0. The van der Waals surface area contributed by atoms with E-state index in [-0.39, 0.29) is 12.0 Å². The number of carbonyl (C=O) groups is 1. The first-order valence-electron chi connectivity index (χ1n) is 7.60. The van der Waals surface area contributed by atoms with E-state index >= 15 is 0 Å². The minimum atomic E-state index is -0.189. The highest BCUT2D eigenvalue weighted by molar-refractivity contribution is 5.75. The molecule has 1 saturated heterocycles. The third-order valence-corrected chi connectivity index (χ3v) is 4.04. The van der Waals surface area contributed by atoms with Crippen LogP contribution in [0.5, 0.6) is 0 Å². The first kappa shape index (κ1) is 14.8. The van der Waals surface area contributed by atoms with E-state index in [9.17, 15) is 4.79 Å². The van der Waals surface area contributed by atoms with Gasteiger partial charge in [0.05, 0.1) is 19.9 Å². The van der Waals surface area contributed by atoms with E-state index in [0.29, 0.717) is 12.4 Å². The van der Waals surface area contributed by atoms with Crippen LogP contribution in [-0.2, 0) is 16.1 Å². The molecule has 1 aromatic carbocycles. The molecule has 1 fully saturated rings. The molecule has 2 heterocycles. The number of hydrogen-bond donors (Lipinski definition) is 0. The second-order valence-electron chi connectivity index (χ2n) is 5.49. The van der Waals surface area contributed by atoms with Gasteiger partial charge in [0.15, 0.2) is 5.76 Å². The first-order chi connectivity index (χ1) is 10.8. The summed E-state index contributed by atoms with van der Waals surface area (Å²) >= 11 is 0. The molecule has 116 valence electrons. The van der Waals surface area contributed by atoms with Gasteiger partial charge in [-0.05, 0) is 19.4 Å². The number of oxazole rings is 1. The summed E-state index contributed by atoms with van der Waals surface area (Å²) in [6, 6.07) is 9.69. The van der Waals surface area contributed by atoms with Crippen molar-refractivity contribution in [2.45, 2.75) is 31.8 Å². The molecule has 1 unspecified atom stereocenters. The Morgan fingerprint density at radius 1 is 1.36 bits per heavy atom. The Morgan fingerprint density at radius 2 is 2.18 bits per heavy atom. The molecule has 0 aliphatic carbocycles. The smallest absolute Gasteiger partial charge is 0.323 e. The quantitative estimate of drug-likeness (QED) is 0.813. The Balaban J connectivity index is 1.72. The molecule has 2 aromatic rings. The molecule has 1 aliphatic rings. The van der Waals surface area contributed by atoms with Gasteiger partial charge in [0.25, 0.3) is 0 Å². The highest BCUT2D eigenvalue weighted by atomic mass is 16.5. The summed E-state index contributed by atoms with van der Waals surface area (Å²) in [5, 5.41) is 0. The van der Waals surface area contributed by atoms with Crippen molar-refractivity contribution in [2.75, 3.05) is 13.7 Å². The summed E-state index contributed by atoms with van der Waals surface area (Å²) in [5.74, 6) is 1.21. The van der Waals surface area contributed by atoms with Crippen LogP contribution >= 0.6 is 0 Å². The highest BCUT2D eigenvalue weighted by Gasteiger charge is 2.30. The number of piperidine rings is 1. The van der Waals surface area contributed by atoms with Crippen LogP contribution in [-0.4, -0.2) is 35.5 Å². The van der Waals surface area contributed by atoms with Crippen LogP contribution in [0.15, 0.2) is 40.9 Å². The predicted octanol–water partition coefficient (Wildman–Crippen LogP) is 2.87. The summed E-state index contributed by atoms with van der Waals surface area (Å²) in [7, 11) is 1.44. The van der Waals surface area contributed by atoms with E-state index in [0.717, 1.165) is 37.1 Å². The maximum absolute atomic E-state index is 11.9. The molecule has 1 atom stereocenters. The monoisotopic (exact) mass is 300 g/mol. The Hall–Kier alpha value is -2.14. The molecule has 0 radical (unpaired) electrons. The Morgan fingerprint density at radius 3 is 2.95 bits per heavy atom.